The van der Waals surface area contributed by atoms with E-state index in [1.165, 1.54) is 12.4 Å². The lowest BCUT2D eigenvalue weighted by atomic mass is 9.94. The van der Waals surface area contributed by atoms with Crippen LogP contribution < -0.4 is 5.32 Å². The van der Waals surface area contributed by atoms with Crippen LogP contribution in [0.15, 0.2) is 24.5 Å². The molecule has 0 aromatic carbocycles. The molecule has 132 valence electrons. The summed E-state index contributed by atoms with van der Waals surface area (Å²) in [5.41, 5.74) is -0.306. The molecule has 0 aliphatic carbocycles. The Hall–Kier alpha value is -2.64. The summed E-state index contributed by atoms with van der Waals surface area (Å²) in [6.45, 7) is 5.09. The van der Waals surface area contributed by atoms with Gasteiger partial charge < -0.3 is 19.5 Å². The van der Waals surface area contributed by atoms with Crippen molar-refractivity contribution in [1.82, 2.24) is 10.3 Å². The Morgan fingerprint density at radius 1 is 1.12 bits per heavy atom. The number of esters is 2. The summed E-state index contributed by atoms with van der Waals surface area (Å²) in [6, 6.07) is 2.19. The van der Waals surface area contributed by atoms with Gasteiger partial charge in [-0.15, -0.1) is 0 Å². The number of amides is 1. The molecule has 1 aromatic heterocycles. The van der Waals surface area contributed by atoms with Crippen LogP contribution in [0, 0.1) is 5.92 Å². The minimum Gasteiger partial charge on any atom is -0.468 e. The minimum absolute atomic E-state index is 0.434. The number of nitrogens with zero attached hydrogens (tertiary/aromatic N) is 1. The highest BCUT2D eigenvalue weighted by atomic mass is 16.6. The fourth-order valence-electron chi connectivity index (χ4n) is 1.98. The molecular weight excluding hydrogens is 316 g/mol. The molecule has 1 heterocycles. The van der Waals surface area contributed by atoms with Crippen molar-refractivity contribution in [1.29, 1.82) is 0 Å². The number of hydrogen-bond donors (Lipinski definition) is 1. The number of rotatable bonds is 5. The van der Waals surface area contributed by atoms with Gasteiger partial charge in [0.2, 0.25) is 0 Å². The van der Waals surface area contributed by atoms with E-state index in [1.54, 1.807) is 32.9 Å². The quantitative estimate of drug-likeness (QED) is 0.494. The van der Waals surface area contributed by atoms with Gasteiger partial charge in [-0.05, 0) is 32.4 Å². The van der Waals surface area contributed by atoms with Crippen LogP contribution in [0.2, 0.25) is 0 Å². The standard InChI is InChI=1S/C16H22N2O6/c1-16(2,3)24-15(21)18-12(10-7-6-8-17-9-10)11(13(19)22-4)14(20)23-5/h6-9,11-12H,1-5H3,(H,18,21)/t12-/m0/s1. The number of hydrogen-bond acceptors (Lipinski definition) is 7. The maximum absolute atomic E-state index is 12.1. The predicted octanol–water partition coefficient (Wildman–Crippen LogP) is 1.61. The smallest absolute Gasteiger partial charge is 0.408 e. The fraction of sp³-hybridized carbons (Fsp3) is 0.500. The van der Waals surface area contributed by atoms with Crippen molar-refractivity contribution in [2.75, 3.05) is 14.2 Å². The molecule has 1 amide bonds. The first kappa shape index (κ1) is 19.4. The SMILES string of the molecule is COC(=O)C(C(=O)OC)[C@@H](NC(=O)OC(C)(C)C)c1cccnc1. The lowest BCUT2D eigenvalue weighted by molar-refractivity contribution is -0.160. The van der Waals surface area contributed by atoms with Gasteiger partial charge in [0.25, 0.3) is 0 Å². The topological polar surface area (TPSA) is 104 Å². The second-order valence-corrected chi connectivity index (χ2v) is 5.93. The molecule has 0 bridgehead atoms. The van der Waals surface area contributed by atoms with E-state index in [2.05, 4.69) is 19.8 Å². The van der Waals surface area contributed by atoms with E-state index in [0.29, 0.717) is 5.56 Å². The zero-order valence-corrected chi connectivity index (χ0v) is 14.4. The van der Waals surface area contributed by atoms with Gasteiger partial charge in [-0.3, -0.25) is 14.6 Å². The molecule has 0 fully saturated rings. The van der Waals surface area contributed by atoms with Gasteiger partial charge in [-0.2, -0.15) is 0 Å². The van der Waals surface area contributed by atoms with Crippen LogP contribution in [-0.2, 0) is 23.8 Å². The third kappa shape index (κ3) is 5.53. The van der Waals surface area contributed by atoms with E-state index in [4.69, 9.17) is 4.74 Å². The lowest BCUT2D eigenvalue weighted by Gasteiger charge is -2.26. The van der Waals surface area contributed by atoms with Crippen LogP contribution in [0.3, 0.4) is 0 Å². The molecule has 0 aliphatic heterocycles. The highest BCUT2D eigenvalue weighted by molar-refractivity contribution is 5.96. The van der Waals surface area contributed by atoms with Crippen LogP contribution in [-0.4, -0.2) is 42.8 Å². The number of carbonyl (C=O) groups excluding carboxylic acids is 3. The molecule has 0 radical (unpaired) electrons. The average Bonchev–Trinajstić information content (AvgIpc) is 2.52. The van der Waals surface area contributed by atoms with Gasteiger partial charge in [-0.25, -0.2) is 4.79 Å². The maximum Gasteiger partial charge on any atom is 0.408 e. The van der Waals surface area contributed by atoms with Gasteiger partial charge >= 0.3 is 18.0 Å². The summed E-state index contributed by atoms with van der Waals surface area (Å²) in [4.78, 5) is 40.2. The monoisotopic (exact) mass is 338 g/mol. The molecule has 8 heteroatoms. The van der Waals surface area contributed by atoms with Gasteiger partial charge in [0.05, 0.1) is 20.3 Å². The van der Waals surface area contributed by atoms with Gasteiger partial charge in [0, 0.05) is 12.4 Å². The Morgan fingerprint density at radius 2 is 1.71 bits per heavy atom. The first-order chi connectivity index (χ1) is 11.2. The summed E-state index contributed by atoms with van der Waals surface area (Å²) in [5, 5.41) is 2.52. The van der Waals surface area contributed by atoms with E-state index in [1.807, 2.05) is 0 Å². The van der Waals surface area contributed by atoms with Crippen LogP contribution in [0.25, 0.3) is 0 Å². The molecule has 0 spiro atoms. The van der Waals surface area contributed by atoms with Gasteiger partial charge in [-0.1, -0.05) is 6.07 Å². The van der Waals surface area contributed by atoms with E-state index >= 15 is 0 Å². The minimum atomic E-state index is -1.39. The molecule has 1 atom stereocenters. The van der Waals surface area contributed by atoms with Crippen LogP contribution in [0.5, 0.6) is 0 Å². The molecule has 0 saturated carbocycles. The summed E-state index contributed by atoms with van der Waals surface area (Å²) >= 11 is 0. The van der Waals surface area contributed by atoms with Crippen molar-refractivity contribution < 1.29 is 28.6 Å². The van der Waals surface area contributed by atoms with Crippen LogP contribution in [0.1, 0.15) is 32.4 Å². The molecule has 1 aromatic rings. The third-order valence-electron chi connectivity index (χ3n) is 2.96. The second-order valence-electron chi connectivity index (χ2n) is 5.93. The Labute approximate surface area is 140 Å². The number of methoxy groups -OCH3 is 2. The van der Waals surface area contributed by atoms with Crippen molar-refractivity contribution in [3.05, 3.63) is 30.1 Å². The molecule has 24 heavy (non-hydrogen) atoms. The number of aromatic nitrogens is 1. The molecular formula is C16H22N2O6. The van der Waals surface area contributed by atoms with Crippen molar-refractivity contribution >= 4 is 18.0 Å². The fourth-order valence-corrected chi connectivity index (χ4v) is 1.98. The Morgan fingerprint density at radius 3 is 2.12 bits per heavy atom. The highest BCUT2D eigenvalue weighted by Gasteiger charge is 2.39. The zero-order valence-electron chi connectivity index (χ0n) is 14.4. The largest absolute Gasteiger partial charge is 0.468 e. The molecule has 0 aliphatic rings. The lowest BCUT2D eigenvalue weighted by Crippen LogP contribution is -2.43. The summed E-state index contributed by atoms with van der Waals surface area (Å²) in [7, 11) is 2.29. The molecule has 1 N–H and O–H groups in total. The third-order valence-corrected chi connectivity index (χ3v) is 2.96. The molecule has 8 nitrogen and oxygen atoms in total. The van der Waals surface area contributed by atoms with Crippen molar-refractivity contribution in [3.8, 4) is 0 Å². The predicted molar refractivity (Wildman–Crippen MR) is 83.9 cm³/mol. The van der Waals surface area contributed by atoms with Crippen LogP contribution >= 0.6 is 0 Å². The zero-order chi connectivity index (χ0) is 18.3. The summed E-state index contributed by atoms with van der Waals surface area (Å²) in [5.74, 6) is -3.07. The second kappa shape index (κ2) is 8.28. The highest BCUT2D eigenvalue weighted by Crippen LogP contribution is 2.25. The average molecular weight is 338 g/mol. The van der Waals surface area contributed by atoms with Crippen molar-refractivity contribution in [2.45, 2.75) is 32.4 Å². The van der Waals surface area contributed by atoms with Gasteiger partial charge in [0.1, 0.15) is 5.60 Å². The summed E-state index contributed by atoms with van der Waals surface area (Å²) < 4.78 is 14.5. The normalized spacial score (nSPS) is 12.2. The van der Waals surface area contributed by atoms with E-state index in [9.17, 15) is 14.4 Å². The van der Waals surface area contributed by atoms with E-state index in [-0.39, 0.29) is 0 Å². The Kier molecular flexibility index (Phi) is 6.69. The van der Waals surface area contributed by atoms with E-state index in [0.717, 1.165) is 14.2 Å². The van der Waals surface area contributed by atoms with Crippen LogP contribution in [0.4, 0.5) is 4.79 Å². The summed E-state index contributed by atoms with van der Waals surface area (Å²) in [6.07, 6.45) is 2.18. The number of ether oxygens (including phenoxy) is 3. The van der Waals surface area contributed by atoms with Gasteiger partial charge in [0.15, 0.2) is 5.92 Å². The maximum atomic E-state index is 12.1. The molecule has 0 saturated heterocycles. The number of pyridine rings is 1. The number of alkyl carbamates (subject to hydrolysis) is 1. The van der Waals surface area contributed by atoms with Crippen molar-refractivity contribution in [2.24, 2.45) is 5.92 Å². The first-order valence-corrected chi connectivity index (χ1v) is 7.24. The first-order valence-electron chi connectivity index (χ1n) is 7.24. The molecule has 0 unspecified atom stereocenters. The number of nitrogens with one attached hydrogen (secondary N) is 1. The molecule has 1 rings (SSSR count). The number of carbonyl (C=O) groups is 3. The Bertz CT molecular complexity index is 566. The van der Waals surface area contributed by atoms with E-state index < -0.39 is 35.6 Å². The van der Waals surface area contributed by atoms with Crippen molar-refractivity contribution in [3.63, 3.8) is 0 Å². The Balaban J connectivity index is 3.19.